The van der Waals surface area contributed by atoms with Crippen LogP contribution in [-0.2, 0) is 10.0 Å². The zero-order chi connectivity index (χ0) is 15.5. The number of para-hydroxylation sites is 1. The molecule has 0 aliphatic rings. The maximum absolute atomic E-state index is 12.5. The van der Waals surface area contributed by atoms with E-state index in [4.69, 9.17) is 5.73 Å². The maximum atomic E-state index is 12.5. The zero-order valence-corrected chi connectivity index (χ0v) is 12.2. The van der Waals surface area contributed by atoms with E-state index in [9.17, 15) is 17.2 Å². The molecule has 0 unspecified atom stereocenters. The fourth-order valence-corrected chi connectivity index (χ4v) is 3.38. The third-order valence-corrected chi connectivity index (χ3v) is 4.65. The molecule has 5 nitrogen and oxygen atoms in total. The number of sulfonamides is 1. The molecule has 0 aliphatic heterocycles. The maximum Gasteiger partial charge on any atom is 0.288 e. The summed E-state index contributed by atoms with van der Waals surface area (Å²) in [6.07, 6.45) is 2.45. The largest absolute Gasteiger partial charge is 0.398 e. The first-order valence-electron chi connectivity index (χ1n) is 5.66. The van der Waals surface area contributed by atoms with E-state index in [1.54, 1.807) is 12.1 Å². The molecule has 0 radical (unpaired) electrons. The van der Waals surface area contributed by atoms with Gasteiger partial charge in [0.15, 0.2) is 0 Å². The lowest BCUT2D eigenvalue weighted by atomic mass is 10.3. The summed E-state index contributed by atoms with van der Waals surface area (Å²) in [4.78, 5) is 3.62. The van der Waals surface area contributed by atoms with Crippen molar-refractivity contribution in [3.8, 4) is 0 Å². The van der Waals surface area contributed by atoms with Crippen molar-refractivity contribution >= 4 is 33.2 Å². The predicted octanol–water partition coefficient (Wildman–Crippen LogP) is 2.78. The van der Waals surface area contributed by atoms with Crippen LogP contribution in [0.4, 0.5) is 20.2 Å². The van der Waals surface area contributed by atoms with Crippen LogP contribution in [0, 0.1) is 0 Å². The molecule has 1 aromatic heterocycles. The fraction of sp³-hybridized carbons (Fsp3) is 0.0833. The predicted molar refractivity (Wildman–Crippen MR) is 77.8 cm³/mol. The second-order valence-electron chi connectivity index (χ2n) is 3.89. The number of halogens is 2. The Morgan fingerprint density at radius 2 is 1.95 bits per heavy atom. The Hall–Kier alpha value is -1.87. The van der Waals surface area contributed by atoms with Crippen molar-refractivity contribution in [3.63, 3.8) is 0 Å². The number of pyridine rings is 1. The zero-order valence-electron chi connectivity index (χ0n) is 10.5. The highest BCUT2D eigenvalue weighted by atomic mass is 32.2. The molecule has 3 N–H and O–H groups in total. The van der Waals surface area contributed by atoms with Gasteiger partial charge in [0.2, 0.25) is 0 Å². The van der Waals surface area contributed by atoms with Gasteiger partial charge in [-0.15, -0.1) is 0 Å². The summed E-state index contributed by atoms with van der Waals surface area (Å²) in [6.45, 7) is 0. The first-order chi connectivity index (χ1) is 9.90. The molecule has 0 aliphatic carbocycles. The minimum atomic E-state index is -4.00. The summed E-state index contributed by atoms with van der Waals surface area (Å²) in [5.74, 6) is -2.65. The third-order valence-electron chi connectivity index (χ3n) is 2.45. The fourth-order valence-electron chi connectivity index (χ4n) is 1.56. The van der Waals surface area contributed by atoms with Crippen molar-refractivity contribution in [2.45, 2.75) is 15.5 Å². The number of hydrogen-bond donors (Lipinski definition) is 2. The van der Waals surface area contributed by atoms with Crippen molar-refractivity contribution < 1.29 is 17.2 Å². The average Bonchev–Trinajstić information content (AvgIpc) is 2.40. The van der Waals surface area contributed by atoms with E-state index < -0.39 is 15.8 Å². The van der Waals surface area contributed by atoms with Crippen LogP contribution in [0.25, 0.3) is 0 Å². The number of hydrogen-bond acceptors (Lipinski definition) is 5. The van der Waals surface area contributed by atoms with E-state index in [1.807, 2.05) is 0 Å². The Morgan fingerprint density at radius 1 is 1.24 bits per heavy atom. The molecule has 0 atom stereocenters. The minimum Gasteiger partial charge on any atom is -0.398 e. The molecule has 112 valence electrons. The molecule has 0 amide bonds. The number of benzene rings is 1. The van der Waals surface area contributed by atoms with Crippen LogP contribution in [0.15, 0.2) is 52.5 Å². The summed E-state index contributed by atoms with van der Waals surface area (Å²) in [6, 6.07) is 7.23. The molecule has 21 heavy (non-hydrogen) atoms. The Kier molecular flexibility index (Phi) is 4.63. The number of nitrogens with one attached hydrogen (secondary N) is 1. The highest BCUT2D eigenvalue weighted by Gasteiger charge is 2.20. The van der Waals surface area contributed by atoms with Crippen molar-refractivity contribution in [1.29, 1.82) is 0 Å². The van der Waals surface area contributed by atoms with E-state index in [-0.39, 0.29) is 32.9 Å². The average molecular weight is 331 g/mol. The number of nitrogens with two attached hydrogens (primary N) is 1. The Bertz CT molecular complexity index is 739. The molecule has 0 bridgehead atoms. The topological polar surface area (TPSA) is 85.1 Å². The van der Waals surface area contributed by atoms with E-state index in [1.165, 1.54) is 24.4 Å². The van der Waals surface area contributed by atoms with E-state index in [0.717, 1.165) is 6.20 Å². The van der Waals surface area contributed by atoms with Gasteiger partial charge in [0.25, 0.3) is 15.8 Å². The van der Waals surface area contributed by atoms with Crippen LogP contribution in [0.1, 0.15) is 0 Å². The summed E-state index contributed by atoms with van der Waals surface area (Å²) in [5.41, 5.74) is 5.68. The summed E-state index contributed by atoms with van der Waals surface area (Å²) < 4.78 is 51.7. The number of nitrogens with zero attached hydrogens (tertiary/aromatic N) is 1. The van der Waals surface area contributed by atoms with Crippen LogP contribution in [0.2, 0.25) is 0 Å². The van der Waals surface area contributed by atoms with Gasteiger partial charge >= 0.3 is 0 Å². The number of thioether (sulfide) groups is 1. The normalized spacial score (nSPS) is 11.6. The highest BCUT2D eigenvalue weighted by molar-refractivity contribution is 7.99. The third kappa shape index (κ3) is 3.82. The van der Waals surface area contributed by atoms with Crippen LogP contribution in [0.5, 0.6) is 0 Å². The lowest BCUT2D eigenvalue weighted by Gasteiger charge is -2.12. The number of alkyl halides is 2. The summed E-state index contributed by atoms with van der Waals surface area (Å²) in [7, 11) is -4.00. The van der Waals surface area contributed by atoms with Gasteiger partial charge < -0.3 is 5.73 Å². The molecule has 0 saturated carbocycles. The lowest BCUT2D eigenvalue weighted by molar-refractivity contribution is 0.252. The molecule has 0 saturated heterocycles. The molecule has 1 aromatic carbocycles. The Balaban J connectivity index is 2.36. The van der Waals surface area contributed by atoms with Gasteiger partial charge in [-0.25, -0.2) is 8.42 Å². The van der Waals surface area contributed by atoms with Crippen molar-refractivity contribution in [2.75, 3.05) is 10.5 Å². The molecule has 1 heterocycles. The van der Waals surface area contributed by atoms with E-state index >= 15 is 0 Å². The Morgan fingerprint density at radius 3 is 2.62 bits per heavy atom. The number of nitrogen functional groups attached to an aromatic ring is 1. The second kappa shape index (κ2) is 6.27. The van der Waals surface area contributed by atoms with Gasteiger partial charge in [0.1, 0.15) is 4.90 Å². The van der Waals surface area contributed by atoms with Crippen molar-refractivity contribution in [1.82, 2.24) is 4.98 Å². The van der Waals surface area contributed by atoms with Crippen molar-refractivity contribution in [2.24, 2.45) is 0 Å². The van der Waals surface area contributed by atoms with Crippen molar-refractivity contribution in [3.05, 3.63) is 42.7 Å². The lowest BCUT2D eigenvalue weighted by Crippen LogP contribution is -2.15. The quantitative estimate of drug-likeness (QED) is 0.823. The van der Waals surface area contributed by atoms with Crippen LogP contribution >= 0.6 is 11.8 Å². The molecule has 0 fully saturated rings. The standard InChI is InChI=1S/C12H11F2N3O2S2/c13-12(14)20-10-4-2-1-3-9(10)17-21(18,19)11-7-16-6-5-8(11)15/h1-7,12,17H,(H2,15,16). The van der Waals surface area contributed by atoms with E-state index in [2.05, 4.69) is 9.71 Å². The van der Waals surface area contributed by atoms with Gasteiger partial charge in [0.05, 0.1) is 11.4 Å². The first kappa shape index (κ1) is 15.5. The monoisotopic (exact) mass is 331 g/mol. The minimum absolute atomic E-state index is 0.0245. The molecule has 9 heteroatoms. The number of anilines is 2. The Labute approximate surface area is 124 Å². The molecular weight excluding hydrogens is 320 g/mol. The molecular formula is C12H11F2N3O2S2. The summed E-state index contributed by atoms with van der Waals surface area (Å²) >= 11 is 0.258. The SMILES string of the molecule is Nc1ccncc1S(=O)(=O)Nc1ccccc1SC(F)F. The van der Waals surface area contributed by atoms with Gasteiger partial charge in [-0.2, -0.15) is 8.78 Å². The molecule has 2 aromatic rings. The van der Waals surface area contributed by atoms with Crippen LogP contribution in [0.3, 0.4) is 0 Å². The van der Waals surface area contributed by atoms with Gasteiger partial charge in [-0.1, -0.05) is 23.9 Å². The smallest absolute Gasteiger partial charge is 0.288 e. The summed E-state index contributed by atoms with van der Waals surface area (Å²) in [5, 5.41) is 0. The van der Waals surface area contributed by atoms with Crippen LogP contribution < -0.4 is 10.5 Å². The number of rotatable bonds is 5. The van der Waals surface area contributed by atoms with Crippen LogP contribution in [-0.4, -0.2) is 19.2 Å². The highest BCUT2D eigenvalue weighted by Crippen LogP contribution is 2.33. The van der Waals surface area contributed by atoms with Gasteiger partial charge in [-0.3, -0.25) is 9.71 Å². The first-order valence-corrected chi connectivity index (χ1v) is 8.02. The molecule has 2 rings (SSSR count). The number of aromatic nitrogens is 1. The van der Waals surface area contributed by atoms with Gasteiger partial charge in [0, 0.05) is 17.3 Å². The molecule has 0 spiro atoms. The van der Waals surface area contributed by atoms with Gasteiger partial charge in [-0.05, 0) is 18.2 Å². The second-order valence-corrected chi connectivity index (χ2v) is 6.58. The van der Waals surface area contributed by atoms with E-state index in [0.29, 0.717) is 0 Å².